The zero-order valence-corrected chi connectivity index (χ0v) is 15.2. The van der Waals surface area contributed by atoms with E-state index in [0.717, 1.165) is 13.1 Å². The van der Waals surface area contributed by atoms with Crippen LogP contribution in [-0.2, 0) is 7.05 Å². The molecule has 25 heavy (non-hydrogen) atoms. The molecular formula is C19H26N4O2. The Balaban J connectivity index is 1.82. The van der Waals surface area contributed by atoms with Crippen molar-refractivity contribution in [3.63, 3.8) is 0 Å². The molecule has 0 saturated carbocycles. The molecule has 3 rings (SSSR count). The highest BCUT2D eigenvalue weighted by atomic mass is 16.2. The topological polar surface area (TPSA) is 67.2 Å². The van der Waals surface area contributed by atoms with Gasteiger partial charge in [0.15, 0.2) is 5.69 Å². The molecule has 1 aliphatic rings. The number of hydrogen-bond acceptors (Lipinski definition) is 4. The van der Waals surface area contributed by atoms with Crippen molar-refractivity contribution in [2.45, 2.75) is 32.7 Å². The second-order valence-electron chi connectivity index (χ2n) is 7.09. The van der Waals surface area contributed by atoms with Crippen LogP contribution in [0.2, 0.25) is 0 Å². The van der Waals surface area contributed by atoms with Gasteiger partial charge in [0.2, 0.25) is 0 Å². The Morgan fingerprint density at radius 1 is 1.20 bits per heavy atom. The number of nitrogens with one attached hydrogen (secondary N) is 1. The molecule has 6 nitrogen and oxygen atoms in total. The summed E-state index contributed by atoms with van der Waals surface area (Å²) in [6.07, 6.45) is 2.45. The highest BCUT2D eigenvalue weighted by Gasteiger charge is 2.25. The Labute approximate surface area is 147 Å². The van der Waals surface area contributed by atoms with Gasteiger partial charge >= 0.3 is 0 Å². The first kappa shape index (κ1) is 17.6. The fourth-order valence-corrected chi connectivity index (χ4v) is 3.61. The molecule has 6 heteroatoms. The first-order valence-electron chi connectivity index (χ1n) is 8.97. The Morgan fingerprint density at radius 2 is 1.84 bits per heavy atom. The molecule has 1 aromatic heterocycles. The summed E-state index contributed by atoms with van der Waals surface area (Å²) in [7, 11) is 1.58. The molecular weight excluding hydrogens is 316 g/mol. The molecule has 134 valence electrons. The van der Waals surface area contributed by atoms with Crippen molar-refractivity contribution in [3.8, 4) is 0 Å². The maximum absolute atomic E-state index is 12.8. The Bertz CT molecular complexity index is 822. The molecule has 1 saturated heterocycles. The number of benzene rings is 1. The summed E-state index contributed by atoms with van der Waals surface area (Å²) in [6, 6.07) is 7.45. The second kappa shape index (κ2) is 7.35. The van der Waals surface area contributed by atoms with Crippen LogP contribution < -0.4 is 10.9 Å². The van der Waals surface area contributed by atoms with Gasteiger partial charge < -0.3 is 5.32 Å². The molecule has 0 radical (unpaired) electrons. The number of fused-ring (bicyclic) bond motifs is 1. The van der Waals surface area contributed by atoms with Crippen LogP contribution in [0, 0.1) is 5.92 Å². The average Bonchev–Trinajstić information content (AvgIpc) is 3.12. The molecule has 2 heterocycles. The summed E-state index contributed by atoms with van der Waals surface area (Å²) in [4.78, 5) is 27.4. The maximum atomic E-state index is 12.8. The summed E-state index contributed by atoms with van der Waals surface area (Å²) >= 11 is 0. The molecule has 1 fully saturated rings. The van der Waals surface area contributed by atoms with Gasteiger partial charge in [-0.1, -0.05) is 32.0 Å². The van der Waals surface area contributed by atoms with Gasteiger partial charge in [0.05, 0.1) is 5.39 Å². The normalized spacial score (nSPS) is 16.5. The van der Waals surface area contributed by atoms with E-state index in [9.17, 15) is 9.59 Å². The lowest BCUT2D eigenvalue weighted by atomic mass is 10.0. The smallest absolute Gasteiger partial charge is 0.274 e. The van der Waals surface area contributed by atoms with E-state index in [2.05, 4.69) is 29.2 Å². The van der Waals surface area contributed by atoms with E-state index < -0.39 is 0 Å². The van der Waals surface area contributed by atoms with Crippen LogP contribution in [0.4, 0.5) is 0 Å². The van der Waals surface area contributed by atoms with Crippen molar-refractivity contribution < 1.29 is 4.79 Å². The summed E-state index contributed by atoms with van der Waals surface area (Å²) in [5.74, 6) is 0.236. The summed E-state index contributed by atoms with van der Waals surface area (Å²) in [5, 5.41) is 8.36. The van der Waals surface area contributed by atoms with Gasteiger partial charge in [-0.15, -0.1) is 0 Å². The van der Waals surface area contributed by atoms with Gasteiger partial charge in [0.25, 0.3) is 11.5 Å². The van der Waals surface area contributed by atoms with Crippen LogP contribution in [0.1, 0.15) is 37.2 Å². The second-order valence-corrected chi connectivity index (χ2v) is 7.09. The molecule has 1 N–H and O–H groups in total. The van der Waals surface area contributed by atoms with Gasteiger partial charge in [0.1, 0.15) is 0 Å². The molecule has 1 aliphatic heterocycles. The van der Waals surface area contributed by atoms with Gasteiger partial charge in [-0.2, -0.15) is 5.10 Å². The van der Waals surface area contributed by atoms with Crippen molar-refractivity contribution in [1.29, 1.82) is 0 Å². The molecule has 1 amide bonds. The lowest BCUT2D eigenvalue weighted by Crippen LogP contribution is -2.46. The Hall–Kier alpha value is -2.21. The summed E-state index contributed by atoms with van der Waals surface area (Å²) in [6.45, 7) is 7.17. The third-order valence-electron chi connectivity index (χ3n) is 5.02. The van der Waals surface area contributed by atoms with Crippen molar-refractivity contribution in [2.24, 2.45) is 13.0 Å². The number of hydrogen-bond donors (Lipinski definition) is 1. The van der Waals surface area contributed by atoms with E-state index in [1.807, 2.05) is 6.07 Å². The number of nitrogens with zero attached hydrogens (tertiary/aromatic N) is 3. The standard InChI is InChI=1S/C19H26N4O2/c1-13(2)16(23-10-6-7-11-23)12-20-18(24)17-14-8-4-5-9-15(14)19(25)22(3)21-17/h4-5,8-9,13,16H,6-7,10-12H2,1-3H3,(H,20,24)/t16-/m0/s1. The Morgan fingerprint density at radius 3 is 2.48 bits per heavy atom. The fourth-order valence-electron chi connectivity index (χ4n) is 3.61. The molecule has 1 aromatic carbocycles. The predicted molar refractivity (Wildman–Crippen MR) is 98.8 cm³/mol. The summed E-state index contributed by atoms with van der Waals surface area (Å²) < 4.78 is 1.23. The van der Waals surface area contributed by atoms with Gasteiger partial charge in [0, 0.05) is 25.0 Å². The van der Waals surface area contributed by atoms with Crippen LogP contribution in [-0.4, -0.2) is 46.3 Å². The van der Waals surface area contributed by atoms with Crippen LogP contribution in [0.25, 0.3) is 10.8 Å². The average molecular weight is 342 g/mol. The zero-order chi connectivity index (χ0) is 18.0. The van der Waals surface area contributed by atoms with Crippen LogP contribution >= 0.6 is 0 Å². The van der Waals surface area contributed by atoms with Crippen LogP contribution in [0.15, 0.2) is 29.1 Å². The third-order valence-corrected chi connectivity index (χ3v) is 5.02. The van der Waals surface area contributed by atoms with Crippen molar-refractivity contribution in [3.05, 3.63) is 40.3 Å². The number of carbonyl (C=O) groups excluding carboxylic acids is 1. The van der Waals surface area contributed by atoms with Crippen LogP contribution in [0.3, 0.4) is 0 Å². The molecule has 0 aliphatic carbocycles. The van der Waals surface area contributed by atoms with E-state index in [1.165, 1.54) is 17.5 Å². The van der Waals surface area contributed by atoms with E-state index >= 15 is 0 Å². The predicted octanol–water partition coefficient (Wildman–Crippen LogP) is 1.78. The molecule has 0 unspecified atom stereocenters. The number of likely N-dealkylation sites (tertiary alicyclic amines) is 1. The van der Waals surface area contributed by atoms with Gasteiger partial charge in [-0.3, -0.25) is 14.5 Å². The highest BCUT2D eigenvalue weighted by molar-refractivity contribution is 6.04. The van der Waals surface area contributed by atoms with Gasteiger partial charge in [-0.05, 0) is 37.9 Å². The molecule has 1 atom stereocenters. The Kier molecular flexibility index (Phi) is 5.18. The SMILES string of the molecule is CC(C)[C@H](CNC(=O)c1nn(C)c(=O)c2ccccc12)N1CCCC1. The first-order valence-corrected chi connectivity index (χ1v) is 8.97. The van der Waals surface area contributed by atoms with E-state index in [-0.39, 0.29) is 11.5 Å². The van der Waals surface area contributed by atoms with Crippen molar-refractivity contribution in [2.75, 3.05) is 19.6 Å². The number of aromatic nitrogens is 2. The number of rotatable bonds is 5. The van der Waals surface area contributed by atoms with E-state index in [4.69, 9.17) is 0 Å². The minimum absolute atomic E-state index is 0.190. The third kappa shape index (κ3) is 3.58. The highest BCUT2D eigenvalue weighted by Crippen LogP contribution is 2.18. The largest absolute Gasteiger partial charge is 0.349 e. The maximum Gasteiger partial charge on any atom is 0.274 e. The van der Waals surface area contributed by atoms with E-state index in [1.54, 1.807) is 25.2 Å². The number of carbonyl (C=O) groups is 1. The lowest BCUT2D eigenvalue weighted by Gasteiger charge is -2.31. The molecule has 0 spiro atoms. The zero-order valence-electron chi connectivity index (χ0n) is 15.2. The molecule has 0 bridgehead atoms. The van der Waals surface area contributed by atoms with Crippen LogP contribution in [0.5, 0.6) is 0 Å². The van der Waals surface area contributed by atoms with Crippen molar-refractivity contribution >= 4 is 16.7 Å². The fraction of sp³-hybridized carbons (Fsp3) is 0.526. The minimum Gasteiger partial charge on any atom is -0.349 e. The number of amides is 1. The number of aryl methyl sites for hydroxylation is 1. The minimum atomic E-state index is -0.225. The quantitative estimate of drug-likeness (QED) is 0.899. The monoisotopic (exact) mass is 342 g/mol. The van der Waals surface area contributed by atoms with Gasteiger partial charge in [-0.25, -0.2) is 4.68 Å². The van der Waals surface area contributed by atoms with E-state index in [0.29, 0.717) is 35.0 Å². The first-order chi connectivity index (χ1) is 12.0. The molecule has 2 aromatic rings. The summed E-state index contributed by atoms with van der Waals surface area (Å²) in [5.41, 5.74) is 0.117. The lowest BCUT2D eigenvalue weighted by molar-refractivity contribution is 0.0922. The van der Waals surface area contributed by atoms with Crippen molar-refractivity contribution in [1.82, 2.24) is 20.0 Å².